The molecular formula is C24H29N3O3S. The number of sulfonamides is 1. The highest BCUT2D eigenvalue weighted by Crippen LogP contribution is 2.23. The summed E-state index contributed by atoms with van der Waals surface area (Å²) in [5.74, 6) is 0.461. The number of carbonyl (C=O) groups is 1. The summed E-state index contributed by atoms with van der Waals surface area (Å²) in [4.78, 5) is 18.4. The summed E-state index contributed by atoms with van der Waals surface area (Å²) in [6.07, 6.45) is 4.66. The zero-order valence-electron chi connectivity index (χ0n) is 17.8. The number of benzene rings is 2. The summed E-state index contributed by atoms with van der Waals surface area (Å²) in [7, 11) is -3.87. The number of rotatable bonds is 7. The lowest BCUT2D eigenvalue weighted by Crippen LogP contribution is -2.50. The van der Waals surface area contributed by atoms with E-state index < -0.39 is 16.1 Å². The number of hydrogen-bond donors (Lipinski definition) is 2. The summed E-state index contributed by atoms with van der Waals surface area (Å²) in [5.41, 5.74) is 1.83. The zero-order valence-corrected chi connectivity index (χ0v) is 18.6. The zero-order chi connectivity index (χ0) is 21.8. The van der Waals surface area contributed by atoms with Gasteiger partial charge >= 0.3 is 0 Å². The average molecular weight is 440 g/mol. The Morgan fingerprint density at radius 1 is 1.10 bits per heavy atom. The Morgan fingerprint density at radius 2 is 1.84 bits per heavy atom. The largest absolute Gasteiger partial charge is 0.361 e. The molecule has 0 bridgehead atoms. The van der Waals surface area contributed by atoms with Crippen LogP contribution >= 0.6 is 0 Å². The smallest absolute Gasteiger partial charge is 0.241 e. The molecule has 31 heavy (non-hydrogen) atoms. The minimum Gasteiger partial charge on any atom is -0.361 e. The molecule has 1 aliphatic heterocycles. The Hall–Kier alpha value is -2.64. The van der Waals surface area contributed by atoms with E-state index in [1.165, 1.54) is 0 Å². The second-order valence-electron chi connectivity index (χ2n) is 8.40. The second-order valence-corrected chi connectivity index (χ2v) is 10.1. The number of piperidine rings is 1. The Labute approximate surface area is 183 Å². The van der Waals surface area contributed by atoms with E-state index in [0.29, 0.717) is 37.2 Å². The number of carbonyl (C=O) groups excluding carboxylic acids is 1. The van der Waals surface area contributed by atoms with Crippen LogP contribution in [0.25, 0.3) is 10.9 Å². The third kappa shape index (κ3) is 4.99. The number of aryl methyl sites for hydroxylation is 1. The van der Waals surface area contributed by atoms with Gasteiger partial charge in [-0.2, -0.15) is 4.72 Å². The van der Waals surface area contributed by atoms with Gasteiger partial charge in [-0.15, -0.1) is 0 Å². The van der Waals surface area contributed by atoms with E-state index >= 15 is 0 Å². The van der Waals surface area contributed by atoms with E-state index in [1.54, 1.807) is 24.4 Å². The summed E-state index contributed by atoms with van der Waals surface area (Å²) in [6, 6.07) is 15.9. The molecule has 0 aliphatic carbocycles. The molecule has 0 saturated carbocycles. The molecule has 1 unspecified atom stereocenters. The molecule has 1 amide bonds. The number of aromatic nitrogens is 1. The van der Waals surface area contributed by atoms with Gasteiger partial charge in [0.15, 0.2) is 0 Å². The van der Waals surface area contributed by atoms with Crippen LogP contribution in [-0.2, 0) is 21.2 Å². The van der Waals surface area contributed by atoms with Crippen LogP contribution in [0, 0.1) is 5.92 Å². The molecule has 0 radical (unpaired) electrons. The number of amides is 1. The van der Waals surface area contributed by atoms with Crippen molar-refractivity contribution in [3.05, 3.63) is 66.4 Å². The lowest BCUT2D eigenvalue weighted by molar-refractivity contribution is -0.134. The van der Waals surface area contributed by atoms with Crippen molar-refractivity contribution in [3.63, 3.8) is 0 Å². The van der Waals surface area contributed by atoms with Gasteiger partial charge in [-0.3, -0.25) is 4.79 Å². The summed E-state index contributed by atoms with van der Waals surface area (Å²) < 4.78 is 29.4. The predicted octanol–water partition coefficient (Wildman–Crippen LogP) is 3.71. The molecule has 1 aromatic heterocycles. The third-order valence-electron chi connectivity index (χ3n) is 6.10. The maximum absolute atomic E-state index is 13.3. The molecule has 2 aromatic carbocycles. The SMILES string of the molecule is CC1CCN(C(=O)C(CCc2ccccc2)NS(=O)(=O)c2cccc3[nH]ccc23)CC1. The van der Waals surface area contributed by atoms with Crippen LogP contribution in [0.3, 0.4) is 0 Å². The summed E-state index contributed by atoms with van der Waals surface area (Å²) >= 11 is 0. The predicted molar refractivity (Wildman–Crippen MR) is 122 cm³/mol. The van der Waals surface area contributed by atoms with E-state index in [9.17, 15) is 13.2 Å². The first-order valence-electron chi connectivity index (χ1n) is 10.9. The first kappa shape index (κ1) is 21.6. The van der Waals surface area contributed by atoms with Crippen molar-refractivity contribution in [2.24, 2.45) is 5.92 Å². The van der Waals surface area contributed by atoms with Gasteiger partial charge in [0.05, 0.1) is 4.90 Å². The van der Waals surface area contributed by atoms with Crippen LogP contribution in [-0.4, -0.2) is 43.3 Å². The highest BCUT2D eigenvalue weighted by atomic mass is 32.2. The van der Waals surface area contributed by atoms with Gasteiger partial charge in [-0.1, -0.05) is 43.3 Å². The Balaban J connectivity index is 1.58. The normalized spacial score (nSPS) is 16.5. The molecule has 1 aliphatic rings. The van der Waals surface area contributed by atoms with Crippen LogP contribution < -0.4 is 4.72 Å². The van der Waals surface area contributed by atoms with E-state index in [0.717, 1.165) is 23.9 Å². The highest BCUT2D eigenvalue weighted by Gasteiger charge is 2.31. The van der Waals surface area contributed by atoms with Crippen molar-refractivity contribution in [2.45, 2.75) is 43.5 Å². The second kappa shape index (κ2) is 9.24. The van der Waals surface area contributed by atoms with Gasteiger partial charge in [0.2, 0.25) is 15.9 Å². The summed E-state index contributed by atoms with van der Waals surface area (Å²) in [5, 5.41) is 0.621. The van der Waals surface area contributed by atoms with Crippen LogP contribution in [0.2, 0.25) is 0 Å². The molecule has 1 atom stereocenters. The first-order valence-corrected chi connectivity index (χ1v) is 12.3. The van der Waals surface area contributed by atoms with Gasteiger partial charge in [0.25, 0.3) is 0 Å². The highest BCUT2D eigenvalue weighted by molar-refractivity contribution is 7.89. The molecule has 0 spiro atoms. The fraction of sp³-hybridized carbons (Fsp3) is 0.375. The molecule has 2 N–H and O–H groups in total. The maximum Gasteiger partial charge on any atom is 0.241 e. The van der Waals surface area contributed by atoms with Crippen LogP contribution in [0.15, 0.2) is 65.7 Å². The van der Waals surface area contributed by atoms with E-state index in [4.69, 9.17) is 0 Å². The number of nitrogens with one attached hydrogen (secondary N) is 2. The lowest BCUT2D eigenvalue weighted by atomic mass is 9.98. The fourth-order valence-electron chi connectivity index (χ4n) is 4.18. The molecular weight excluding hydrogens is 410 g/mol. The monoisotopic (exact) mass is 439 g/mol. The molecule has 7 heteroatoms. The van der Waals surface area contributed by atoms with Gasteiger partial charge in [0.1, 0.15) is 6.04 Å². The van der Waals surface area contributed by atoms with Crippen LogP contribution in [0.5, 0.6) is 0 Å². The third-order valence-corrected chi connectivity index (χ3v) is 7.63. The quantitative estimate of drug-likeness (QED) is 0.589. The van der Waals surface area contributed by atoms with Crippen molar-refractivity contribution in [2.75, 3.05) is 13.1 Å². The maximum atomic E-state index is 13.3. The number of fused-ring (bicyclic) bond motifs is 1. The van der Waals surface area contributed by atoms with Crippen molar-refractivity contribution in [1.82, 2.24) is 14.6 Å². The van der Waals surface area contributed by atoms with Crippen molar-refractivity contribution >= 4 is 26.8 Å². The Morgan fingerprint density at radius 3 is 2.58 bits per heavy atom. The fourth-order valence-corrected chi connectivity index (χ4v) is 5.62. The molecule has 164 valence electrons. The molecule has 1 fully saturated rings. The number of likely N-dealkylation sites (tertiary alicyclic amines) is 1. The van der Waals surface area contributed by atoms with Crippen molar-refractivity contribution < 1.29 is 13.2 Å². The lowest BCUT2D eigenvalue weighted by Gasteiger charge is -2.33. The topological polar surface area (TPSA) is 82.3 Å². The van der Waals surface area contributed by atoms with E-state index in [1.807, 2.05) is 41.3 Å². The average Bonchev–Trinajstić information content (AvgIpc) is 3.26. The van der Waals surface area contributed by atoms with Crippen LogP contribution in [0.1, 0.15) is 31.7 Å². The van der Waals surface area contributed by atoms with Gasteiger partial charge in [0, 0.05) is 30.2 Å². The van der Waals surface area contributed by atoms with Crippen molar-refractivity contribution in [3.8, 4) is 0 Å². The van der Waals surface area contributed by atoms with Crippen LogP contribution in [0.4, 0.5) is 0 Å². The van der Waals surface area contributed by atoms with Gasteiger partial charge in [-0.05, 0) is 55.4 Å². The minimum atomic E-state index is -3.87. The van der Waals surface area contributed by atoms with Gasteiger partial charge in [-0.25, -0.2) is 8.42 Å². The molecule has 2 heterocycles. The van der Waals surface area contributed by atoms with E-state index in [-0.39, 0.29) is 10.8 Å². The molecule has 6 nitrogen and oxygen atoms in total. The number of nitrogens with zero attached hydrogens (tertiary/aromatic N) is 1. The number of H-pyrrole nitrogens is 1. The molecule has 3 aromatic rings. The van der Waals surface area contributed by atoms with Crippen molar-refractivity contribution in [1.29, 1.82) is 0 Å². The standard InChI is InChI=1S/C24H29N3O3S/c1-18-13-16-27(17-14-18)24(28)22(11-10-19-6-3-2-4-7-19)26-31(29,30)23-9-5-8-21-20(23)12-15-25-21/h2-9,12,15,18,22,25-26H,10-11,13-14,16-17H2,1H3. The molecule has 4 rings (SSSR count). The number of aromatic amines is 1. The number of hydrogen-bond acceptors (Lipinski definition) is 3. The Bertz CT molecular complexity index is 1130. The molecule has 1 saturated heterocycles. The van der Waals surface area contributed by atoms with E-state index in [2.05, 4.69) is 16.6 Å². The Kier molecular flexibility index (Phi) is 6.43. The summed E-state index contributed by atoms with van der Waals surface area (Å²) in [6.45, 7) is 3.54. The minimum absolute atomic E-state index is 0.132. The van der Waals surface area contributed by atoms with Gasteiger partial charge < -0.3 is 9.88 Å². The first-order chi connectivity index (χ1) is 14.9.